The fourth-order valence-electron chi connectivity index (χ4n) is 3.38. The van der Waals surface area contributed by atoms with E-state index in [4.69, 9.17) is 0 Å². The van der Waals surface area contributed by atoms with Crippen LogP contribution < -0.4 is 10.6 Å². The first kappa shape index (κ1) is 18.0. The van der Waals surface area contributed by atoms with E-state index in [1.807, 2.05) is 18.2 Å². The molecule has 0 radical (unpaired) electrons. The number of piperidine rings is 1. The summed E-state index contributed by atoms with van der Waals surface area (Å²) in [6.07, 6.45) is 3.10. The second kappa shape index (κ2) is 9.04. The number of nitrogens with zero attached hydrogens (tertiary/aromatic N) is 1. The van der Waals surface area contributed by atoms with Crippen LogP contribution in [0.5, 0.6) is 0 Å². The normalized spacial score (nSPS) is 21.0. The topological polar surface area (TPSA) is 44.4 Å². The summed E-state index contributed by atoms with van der Waals surface area (Å²) >= 11 is 0. The number of nitrogens with one attached hydrogen (secondary N) is 2. The van der Waals surface area contributed by atoms with Crippen LogP contribution in [0.15, 0.2) is 30.3 Å². The molecule has 23 heavy (non-hydrogen) atoms. The molecule has 1 aliphatic heterocycles. The highest BCUT2D eigenvalue weighted by Gasteiger charge is 2.22. The van der Waals surface area contributed by atoms with Crippen molar-refractivity contribution in [3.8, 4) is 0 Å². The molecule has 1 heterocycles. The molecule has 1 fully saturated rings. The predicted octanol–water partition coefficient (Wildman–Crippen LogP) is 2.43. The molecule has 1 amide bonds. The first-order chi connectivity index (χ1) is 11.1. The van der Waals surface area contributed by atoms with Crippen molar-refractivity contribution in [2.24, 2.45) is 11.8 Å². The van der Waals surface area contributed by atoms with E-state index in [-0.39, 0.29) is 11.9 Å². The van der Waals surface area contributed by atoms with Crippen LogP contribution in [0, 0.1) is 11.8 Å². The summed E-state index contributed by atoms with van der Waals surface area (Å²) in [4.78, 5) is 14.5. The Morgan fingerprint density at radius 1 is 1.35 bits per heavy atom. The summed E-state index contributed by atoms with van der Waals surface area (Å²) in [5.74, 6) is 1.25. The number of carbonyl (C=O) groups excluding carboxylic acids is 1. The van der Waals surface area contributed by atoms with Gasteiger partial charge in [0.15, 0.2) is 0 Å². The number of rotatable bonds is 7. The van der Waals surface area contributed by atoms with E-state index in [9.17, 15) is 4.79 Å². The third-order valence-electron chi connectivity index (χ3n) is 4.95. The Morgan fingerprint density at radius 3 is 2.70 bits per heavy atom. The second-order valence-electron chi connectivity index (χ2n) is 6.98. The quantitative estimate of drug-likeness (QED) is 0.812. The smallest absolute Gasteiger partial charge is 0.220 e. The minimum absolute atomic E-state index is 0.172. The zero-order valence-corrected chi connectivity index (χ0v) is 14.7. The van der Waals surface area contributed by atoms with Crippen molar-refractivity contribution in [3.63, 3.8) is 0 Å². The molecule has 1 aromatic rings. The van der Waals surface area contributed by atoms with Gasteiger partial charge in [-0.15, -0.1) is 0 Å². The zero-order valence-electron chi connectivity index (χ0n) is 14.7. The lowest BCUT2D eigenvalue weighted by molar-refractivity contribution is -0.122. The van der Waals surface area contributed by atoms with Crippen LogP contribution in [0.25, 0.3) is 0 Å². The lowest BCUT2D eigenvalue weighted by Gasteiger charge is -2.29. The average molecular weight is 317 g/mol. The highest BCUT2D eigenvalue weighted by Crippen LogP contribution is 2.22. The first-order valence-corrected chi connectivity index (χ1v) is 8.76. The van der Waals surface area contributed by atoms with Gasteiger partial charge in [0.25, 0.3) is 0 Å². The molecule has 2 N–H and O–H groups in total. The molecule has 4 nitrogen and oxygen atoms in total. The van der Waals surface area contributed by atoms with Gasteiger partial charge < -0.3 is 15.5 Å². The molecule has 1 aromatic carbocycles. The number of hydrogen-bond acceptors (Lipinski definition) is 3. The van der Waals surface area contributed by atoms with E-state index in [2.05, 4.69) is 48.7 Å². The molecular formula is C19H31N3O. The molecule has 0 aromatic heterocycles. The maximum atomic E-state index is 12.3. The van der Waals surface area contributed by atoms with Gasteiger partial charge in [-0.05, 0) is 57.4 Å². The summed E-state index contributed by atoms with van der Waals surface area (Å²) in [7, 11) is 4.11. The minimum Gasteiger partial charge on any atom is -0.354 e. The lowest BCUT2D eigenvalue weighted by atomic mass is 9.85. The first-order valence-electron chi connectivity index (χ1n) is 8.76. The second-order valence-corrected chi connectivity index (χ2v) is 6.98. The number of amides is 1. The van der Waals surface area contributed by atoms with Crippen LogP contribution in [0.2, 0.25) is 0 Å². The van der Waals surface area contributed by atoms with Gasteiger partial charge >= 0.3 is 0 Å². The van der Waals surface area contributed by atoms with Crippen molar-refractivity contribution in [1.29, 1.82) is 0 Å². The van der Waals surface area contributed by atoms with E-state index in [0.717, 1.165) is 13.1 Å². The van der Waals surface area contributed by atoms with Crippen molar-refractivity contribution >= 4 is 5.91 Å². The van der Waals surface area contributed by atoms with Crippen LogP contribution in [0.3, 0.4) is 0 Å². The predicted molar refractivity (Wildman–Crippen MR) is 95.3 cm³/mol. The molecule has 0 bridgehead atoms. The summed E-state index contributed by atoms with van der Waals surface area (Å²) in [6.45, 7) is 5.04. The Balaban J connectivity index is 1.82. The van der Waals surface area contributed by atoms with Crippen LogP contribution in [0.4, 0.5) is 0 Å². The SMILES string of the molecule is CC(CC(=O)NCC(c1ccccc1)N(C)C)C1CCCNC1. The van der Waals surface area contributed by atoms with Gasteiger partial charge in [-0.1, -0.05) is 37.3 Å². The number of carbonyl (C=O) groups is 1. The maximum Gasteiger partial charge on any atom is 0.220 e. The van der Waals surface area contributed by atoms with Gasteiger partial charge in [0.2, 0.25) is 5.91 Å². The Hall–Kier alpha value is -1.39. The number of likely N-dealkylation sites (N-methyl/N-ethyl adjacent to an activating group) is 1. The largest absolute Gasteiger partial charge is 0.354 e. The maximum absolute atomic E-state index is 12.3. The molecule has 4 heteroatoms. The van der Waals surface area contributed by atoms with Crippen LogP contribution in [-0.4, -0.2) is 44.5 Å². The van der Waals surface area contributed by atoms with Crippen LogP contribution >= 0.6 is 0 Å². The van der Waals surface area contributed by atoms with E-state index in [0.29, 0.717) is 24.8 Å². The van der Waals surface area contributed by atoms with Crippen molar-refractivity contribution in [3.05, 3.63) is 35.9 Å². The van der Waals surface area contributed by atoms with Gasteiger partial charge in [-0.25, -0.2) is 0 Å². The molecule has 3 atom stereocenters. The third kappa shape index (κ3) is 5.63. The average Bonchev–Trinajstić information content (AvgIpc) is 2.56. The third-order valence-corrected chi connectivity index (χ3v) is 4.95. The lowest BCUT2D eigenvalue weighted by Crippen LogP contribution is -2.38. The Labute approximate surface area is 140 Å². The molecule has 1 aliphatic rings. The summed E-state index contributed by atoms with van der Waals surface area (Å²) < 4.78 is 0. The Morgan fingerprint density at radius 2 is 2.09 bits per heavy atom. The monoisotopic (exact) mass is 317 g/mol. The van der Waals surface area contributed by atoms with Gasteiger partial charge in [0.05, 0.1) is 6.04 Å². The van der Waals surface area contributed by atoms with Crippen molar-refractivity contribution < 1.29 is 4.79 Å². The van der Waals surface area contributed by atoms with Gasteiger partial charge in [-0.3, -0.25) is 4.79 Å². The van der Waals surface area contributed by atoms with E-state index in [1.165, 1.54) is 18.4 Å². The Kier molecular flexibility index (Phi) is 7.06. The van der Waals surface area contributed by atoms with Gasteiger partial charge in [0.1, 0.15) is 0 Å². The molecule has 2 rings (SSSR count). The van der Waals surface area contributed by atoms with Crippen LogP contribution in [0.1, 0.15) is 37.8 Å². The molecular weight excluding hydrogens is 286 g/mol. The Bertz CT molecular complexity index is 469. The summed E-state index contributed by atoms with van der Waals surface area (Å²) in [5, 5.41) is 6.57. The summed E-state index contributed by atoms with van der Waals surface area (Å²) in [6, 6.07) is 10.6. The fraction of sp³-hybridized carbons (Fsp3) is 0.632. The molecule has 1 saturated heterocycles. The standard InChI is InChI=1S/C19H31N3O/c1-15(17-10-7-11-20-13-17)12-19(23)21-14-18(22(2)3)16-8-5-4-6-9-16/h4-6,8-9,15,17-18,20H,7,10-14H2,1-3H3,(H,21,23). The highest BCUT2D eigenvalue weighted by atomic mass is 16.1. The van der Waals surface area contributed by atoms with E-state index < -0.39 is 0 Å². The van der Waals surface area contributed by atoms with Crippen molar-refractivity contribution in [2.75, 3.05) is 33.7 Å². The van der Waals surface area contributed by atoms with E-state index >= 15 is 0 Å². The van der Waals surface area contributed by atoms with Crippen molar-refractivity contribution in [2.45, 2.75) is 32.2 Å². The highest BCUT2D eigenvalue weighted by molar-refractivity contribution is 5.76. The fourth-order valence-corrected chi connectivity index (χ4v) is 3.38. The molecule has 0 spiro atoms. The van der Waals surface area contributed by atoms with Crippen LogP contribution in [-0.2, 0) is 4.79 Å². The zero-order chi connectivity index (χ0) is 16.7. The van der Waals surface area contributed by atoms with Crippen molar-refractivity contribution in [1.82, 2.24) is 15.5 Å². The number of hydrogen-bond donors (Lipinski definition) is 2. The van der Waals surface area contributed by atoms with Gasteiger partial charge in [-0.2, -0.15) is 0 Å². The van der Waals surface area contributed by atoms with E-state index in [1.54, 1.807) is 0 Å². The summed E-state index contributed by atoms with van der Waals surface area (Å²) in [5.41, 5.74) is 1.24. The molecule has 0 saturated carbocycles. The molecule has 0 aliphatic carbocycles. The van der Waals surface area contributed by atoms with Gasteiger partial charge in [0, 0.05) is 13.0 Å². The molecule has 128 valence electrons. The number of benzene rings is 1. The molecule has 3 unspecified atom stereocenters. The minimum atomic E-state index is 0.172.